The van der Waals surface area contributed by atoms with Gasteiger partial charge < -0.3 is 18.8 Å². The van der Waals surface area contributed by atoms with E-state index in [4.69, 9.17) is 19.2 Å². The number of fused-ring (bicyclic) bond motifs is 2. The number of nitrogens with zero attached hydrogens (tertiary/aromatic N) is 3. The second-order valence-electron chi connectivity index (χ2n) is 15.5. The second kappa shape index (κ2) is 17.8. The third-order valence-electron chi connectivity index (χ3n) is 8.77. The molecule has 0 unspecified atom stereocenters. The molecule has 10 nitrogen and oxygen atoms in total. The van der Waals surface area contributed by atoms with E-state index in [1.165, 1.54) is 7.11 Å². The number of ether oxygens (including phenoxy) is 3. The van der Waals surface area contributed by atoms with Gasteiger partial charge in [0.15, 0.2) is 0 Å². The molecule has 0 saturated heterocycles. The number of aromatic nitrogens is 3. The van der Waals surface area contributed by atoms with E-state index < -0.39 is 29.2 Å². The minimum Gasteiger partial charge on any atom is -0.465 e. The molecule has 0 saturated carbocycles. The number of methoxy groups -OCH3 is 1. The van der Waals surface area contributed by atoms with Crippen molar-refractivity contribution in [3.63, 3.8) is 0 Å². The van der Waals surface area contributed by atoms with Crippen LogP contribution in [0.15, 0.2) is 42.5 Å². The minimum atomic E-state index is -0.748. The predicted octanol–water partition coefficient (Wildman–Crippen LogP) is 11.8. The molecule has 0 radical (unpaired) electrons. The maximum Gasteiger partial charge on any atom is 0.412 e. The zero-order valence-electron chi connectivity index (χ0n) is 34.9. The number of carbonyl (C=O) groups is 3. The van der Waals surface area contributed by atoms with E-state index in [1.807, 2.05) is 104 Å². The number of esters is 2. The van der Waals surface area contributed by atoms with Gasteiger partial charge in [-0.1, -0.05) is 52.7 Å². The van der Waals surface area contributed by atoms with Crippen molar-refractivity contribution in [2.45, 2.75) is 132 Å². The van der Waals surface area contributed by atoms with Gasteiger partial charge in [0.25, 0.3) is 0 Å². The third kappa shape index (κ3) is 10.3. The van der Waals surface area contributed by atoms with Crippen molar-refractivity contribution in [2.75, 3.05) is 12.4 Å². The number of amides is 1. The van der Waals surface area contributed by atoms with Gasteiger partial charge in [-0.2, -0.15) is 0 Å². The highest BCUT2D eigenvalue weighted by Crippen LogP contribution is 2.46. The Morgan fingerprint density at radius 1 is 0.873 bits per heavy atom. The number of pyridine rings is 1. The van der Waals surface area contributed by atoms with Gasteiger partial charge in [0.2, 0.25) is 0 Å². The Bertz CT molecular complexity index is 2160. The summed E-state index contributed by atoms with van der Waals surface area (Å²) in [6.07, 6.45) is 3.05. The maximum atomic E-state index is 13.8. The summed E-state index contributed by atoms with van der Waals surface area (Å²) in [5.74, 6) is -0.809. The van der Waals surface area contributed by atoms with Crippen LogP contribution in [0.25, 0.3) is 43.6 Å². The van der Waals surface area contributed by atoms with Gasteiger partial charge in [-0.25, -0.2) is 19.6 Å². The van der Waals surface area contributed by atoms with E-state index in [9.17, 15) is 14.4 Å². The van der Waals surface area contributed by atoms with Crippen LogP contribution in [0.1, 0.15) is 127 Å². The van der Waals surface area contributed by atoms with Crippen LogP contribution in [-0.2, 0) is 25.5 Å². The Balaban J connectivity index is 0.00000331. The molecule has 0 aliphatic heterocycles. The lowest BCUT2D eigenvalue weighted by Crippen LogP contribution is -2.28. The molecule has 2 aromatic carbocycles. The third-order valence-corrected chi connectivity index (χ3v) is 9.87. The van der Waals surface area contributed by atoms with Crippen molar-refractivity contribution < 1.29 is 28.6 Å². The summed E-state index contributed by atoms with van der Waals surface area (Å²) >= 11 is 1.59. The number of nitrogens with one attached hydrogen (secondary N) is 1. The van der Waals surface area contributed by atoms with E-state index in [0.29, 0.717) is 27.8 Å². The molecule has 1 N–H and O–H groups in total. The van der Waals surface area contributed by atoms with Crippen LogP contribution in [0.5, 0.6) is 0 Å². The molecule has 0 fully saturated rings. The Hall–Kier alpha value is -4.77. The minimum absolute atomic E-state index is 0.106. The van der Waals surface area contributed by atoms with Crippen LogP contribution in [-0.4, -0.2) is 50.9 Å². The summed E-state index contributed by atoms with van der Waals surface area (Å²) in [4.78, 5) is 50.8. The lowest BCUT2D eigenvalue weighted by molar-refractivity contribution is -0.155. The largest absolute Gasteiger partial charge is 0.465 e. The SMILES string of the molecule is CC.CCCC(CCC)c1c(-c2cc3ccc(-c4sc(C)nc4C)nc3cc2NC(=O)OC(C)(C)C)n(CC(=O)OC(C)(C)C)c2cc(C(=O)OC)ccc12. The van der Waals surface area contributed by atoms with Gasteiger partial charge in [-0.15, -0.1) is 11.3 Å². The smallest absolute Gasteiger partial charge is 0.412 e. The number of benzene rings is 2. The molecule has 1 amide bonds. The summed E-state index contributed by atoms with van der Waals surface area (Å²) in [6, 6.07) is 13.4. The van der Waals surface area contributed by atoms with Crippen LogP contribution in [0.4, 0.5) is 10.5 Å². The van der Waals surface area contributed by atoms with Gasteiger partial charge in [-0.3, -0.25) is 10.1 Å². The molecular formula is C44H58N4O6S. The molecule has 3 aromatic heterocycles. The Kier molecular flexibility index (Phi) is 13.9. The normalized spacial score (nSPS) is 11.7. The van der Waals surface area contributed by atoms with Gasteiger partial charge in [0.1, 0.15) is 17.7 Å². The fourth-order valence-electron chi connectivity index (χ4n) is 6.90. The van der Waals surface area contributed by atoms with Crippen molar-refractivity contribution in [1.82, 2.24) is 14.5 Å². The molecular weight excluding hydrogens is 713 g/mol. The number of aryl methyl sites for hydroxylation is 2. The van der Waals surface area contributed by atoms with Crippen LogP contribution < -0.4 is 5.32 Å². The Morgan fingerprint density at radius 3 is 2.09 bits per heavy atom. The van der Waals surface area contributed by atoms with Crippen LogP contribution in [0.3, 0.4) is 0 Å². The summed E-state index contributed by atoms with van der Waals surface area (Å²) in [5, 5.41) is 5.76. The zero-order valence-corrected chi connectivity index (χ0v) is 35.7. The van der Waals surface area contributed by atoms with E-state index in [2.05, 4.69) is 24.1 Å². The van der Waals surface area contributed by atoms with Gasteiger partial charge in [-0.05, 0) is 110 Å². The van der Waals surface area contributed by atoms with Crippen LogP contribution in [0.2, 0.25) is 0 Å². The average Bonchev–Trinajstić information content (AvgIpc) is 3.61. The highest BCUT2D eigenvalue weighted by molar-refractivity contribution is 7.15. The average molecular weight is 771 g/mol. The number of anilines is 1. The van der Waals surface area contributed by atoms with Crippen molar-refractivity contribution in [3.8, 4) is 21.8 Å². The molecule has 0 aliphatic carbocycles. The highest BCUT2D eigenvalue weighted by Gasteiger charge is 2.30. The molecule has 0 bridgehead atoms. The molecule has 55 heavy (non-hydrogen) atoms. The Morgan fingerprint density at radius 2 is 1.53 bits per heavy atom. The number of hydrogen-bond donors (Lipinski definition) is 1. The van der Waals surface area contributed by atoms with Crippen molar-refractivity contribution >= 4 is 56.9 Å². The number of thiazole rings is 1. The molecule has 5 rings (SSSR count). The van der Waals surface area contributed by atoms with Crippen LogP contribution >= 0.6 is 11.3 Å². The topological polar surface area (TPSA) is 122 Å². The number of rotatable bonds is 11. The molecule has 296 valence electrons. The summed E-state index contributed by atoms with van der Waals surface area (Å²) in [5.41, 5.74) is 4.90. The first-order valence-electron chi connectivity index (χ1n) is 19.3. The fraction of sp³-hybridized carbons (Fsp3) is 0.477. The lowest BCUT2D eigenvalue weighted by Gasteiger charge is -2.24. The van der Waals surface area contributed by atoms with E-state index in [0.717, 1.165) is 69.0 Å². The maximum absolute atomic E-state index is 13.8. The molecule has 11 heteroatoms. The molecule has 3 heterocycles. The van der Waals surface area contributed by atoms with E-state index >= 15 is 0 Å². The summed E-state index contributed by atoms with van der Waals surface area (Å²) in [7, 11) is 1.35. The molecule has 0 atom stereocenters. The van der Waals surface area contributed by atoms with Crippen LogP contribution in [0, 0.1) is 13.8 Å². The first kappa shape index (κ1) is 43.0. The monoisotopic (exact) mass is 770 g/mol. The van der Waals surface area contributed by atoms with Gasteiger partial charge in [0, 0.05) is 16.3 Å². The van der Waals surface area contributed by atoms with Crippen molar-refractivity contribution in [2.24, 2.45) is 0 Å². The first-order valence-corrected chi connectivity index (χ1v) is 20.1. The quantitative estimate of drug-likeness (QED) is 0.104. The standard InChI is InChI=1S/C42H52N4O6S.C2H6/c1-12-14-26(15-13-2)36-29-18-16-28(39(48)50-11)21-34(29)46(23-35(47)51-41(5,6)7)37(36)30-20-27-17-19-31(38-24(3)43-25(4)53-38)44-32(27)22-33(30)45-40(49)52-42(8,9)10;1-2/h16-22,26H,12-15,23H2,1-11H3,(H,45,49);1-2H3. The second-order valence-corrected chi connectivity index (χ2v) is 16.7. The summed E-state index contributed by atoms with van der Waals surface area (Å²) < 4.78 is 18.7. The zero-order chi connectivity index (χ0) is 40.8. The predicted molar refractivity (Wildman–Crippen MR) is 224 cm³/mol. The lowest BCUT2D eigenvalue weighted by atomic mass is 9.86. The molecule has 0 spiro atoms. The van der Waals surface area contributed by atoms with E-state index in [-0.39, 0.29) is 12.5 Å². The molecule has 5 aromatic rings. The van der Waals surface area contributed by atoms with E-state index in [1.54, 1.807) is 23.5 Å². The summed E-state index contributed by atoms with van der Waals surface area (Å²) in [6.45, 7) is 23.1. The van der Waals surface area contributed by atoms with Gasteiger partial charge >= 0.3 is 18.0 Å². The first-order chi connectivity index (χ1) is 25.9. The van der Waals surface area contributed by atoms with Crippen molar-refractivity contribution in [3.05, 3.63) is 64.3 Å². The van der Waals surface area contributed by atoms with Gasteiger partial charge in [0.05, 0.1) is 56.4 Å². The number of hydrogen-bond acceptors (Lipinski definition) is 9. The Labute approximate surface area is 330 Å². The number of carbonyl (C=O) groups excluding carboxylic acids is 3. The highest BCUT2D eigenvalue weighted by atomic mass is 32.1. The van der Waals surface area contributed by atoms with Crippen molar-refractivity contribution in [1.29, 1.82) is 0 Å². The molecule has 0 aliphatic rings. The fourth-order valence-corrected chi connectivity index (χ4v) is 7.79.